The molecule has 0 spiro atoms. The Balaban J connectivity index is 1.74. The summed E-state index contributed by atoms with van der Waals surface area (Å²) in [6.07, 6.45) is 2.42. The number of carbonyl (C=O) groups is 1. The SMILES string of the molecule is O=C(Cc1ccc(OC(F)F)cc1)NCC1CCC(O)C1. The number of amides is 1. The van der Waals surface area contributed by atoms with Crippen LogP contribution in [0.3, 0.4) is 0 Å². The molecular formula is C15H19F2NO3. The van der Waals surface area contributed by atoms with Crippen molar-refractivity contribution in [3.05, 3.63) is 29.8 Å². The van der Waals surface area contributed by atoms with Crippen molar-refractivity contribution < 1.29 is 23.4 Å². The number of aliphatic hydroxyl groups excluding tert-OH is 1. The minimum Gasteiger partial charge on any atom is -0.435 e. The molecule has 0 saturated heterocycles. The Morgan fingerprint density at radius 1 is 1.33 bits per heavy atom. The van der Waals surface area contributed by atoms with Crippen molar-refractivity contribution in [1.82, 2.24) is 5.32 Å². The standard InChI is InChI=1S/C15H19F2NO3/c16-15(17)21-13-5-2-10(3-6-13)8-14(20)18-9-11-1-4-12(19)7-11/h2-3,5-6,11-12,15,19H,1,4,7-9H2,(H,18,20). The zero-order valence-corrected chi connectivity index (χ0v) is 11.6. The quantitative estimate of drug-likeness (QED) is 0.846. The summed E-state index contributed by atoms with van der Waals surface area (Å²) in [5.74, 6) is 0.304. The van der Waals surface area contributed by atoms with Gasteiger partial charge in [0.05, 0.1) is 12.5 Å². The summed E-state index contributed by atoms with van der Waals surface area (Å²) >= 11 is 0. The molecule has 2 unspecified atom stereocenters. The second-order valence-electron chi connectivity index (χ2n) is 5.34. The molecule has 2 rings (SSSR count). The van der Waals surface area contributed by atoms with Gasteiger partial charge in [-0.1, -0.05) is 12.1 Å². The third-order valence-electron chi connectivity index (χ3n) is 3.61. The monoisotopic (exact) mass is 299 g/mol. The zero-order chi connectivity index (χ0) is 15.2. The van der Waals surface area contributed by atoms with Crippen molar-refractivity contribution in [2.75, 3.05) is 6.54 Å². The Hall–Kier alpha value is -1.69. The average molecular weight is 299 g/mol. The number of rotatable bonds is 6. The van der Waals surface area contributed by atoms with Gasteiger partial charge in [0.1, 0.15) is 5.75 Å². The van der Waals surface area contributed by atoms with E-state index >= 15 is 0 Å². The predicted octanol–water partition coefficient (Wildman–Crippen LogP) is 2.11. The highest BCUT2D eigenvalue weighted by atomic mass is 19.3. The van der Waals surface area contributed by atoms with Gasteiger partial charge in [0.25, 0.3) is 0 Å². The lowest BCUT2D eigenvalue weighted by Gasteiger charge is -2.11. The summed E-state index contributed by atoms with van der Waals surface area (Å²) in [5, 5.41) is 12.2. The average Bonchev–Trinajstić information content (AvgIpc) is 2.84. The molecule has 0 aromatic heterocycles. The van der Waals surface area contributed by atoms with Gasteiger partial charge in [-0.05, 0) is 42.9 Å². The van der Waals surface area contributed by atoms with Gasteiger partial charge in [0.15, 0.2) is 0 Å². The summed E-state index contributed by atoms with van der Waals surface area (Å²) in [5.41, 5.74) is 0.737. The topological polar surface area (TPSA) is 58.6 Å². The van der Waals surface area contributed by atoms with Gasteiger partial charge < -0.3 is 15.2 Å². The molecule has 116 valence electrons. The van der Waals surface area contributed by atoms with Crippen LogP contribution in [0.2, 0.25) is 0 Å². The fourth-order valence-corrected chi connectivity index (χ4v) is 2.53. The normalized spacial score (nSPS) is 21.5. The smallest absolute Gasteiger partial charge is 0.387 e. The van der Waals surface area contributed by atoms with E-state index in [9.17, 15) is 18.7 Å². The van der Waals surface area contributed by atoms with Crippen LogP contribution in [0.1, 0.15) is 24.8 Å². The lowest BCUT2D eigenvalue weighted by Crippen LogP contribution is -2.29. The van der Waals surface area contributed by atoms with Gasteiger partial charge in [0.2, 0.25) is 5.91 Å². The molecule has 0 radical (unpaired) electrons. The molecule has 0 heterocycles. The van der Waals surface area contributed by atoms with Crippen LogP contribution in [0.4, 0.5) is 8.78 Å². The first kappa shape index (κ1) is 15.7. The minimum atomic E-state index is -2.85. The highest BCUT2D eigenvalue weighted by molar-refractivity contribution is 5.78. The van der Waals surface area contributed by atoms with Gasteiger partial charge in [-0.2, -0.15) is 8.78 Å². The molecule has 6 heteroatoms. The molecule has 1 aromatic carbocycles. The van der Waals surface area contributed by atoms with E-state index in [1.54, 1.807) is 12.1 Å². The molecule has 0 bridgehead atoms. The van der Waals surface area contributed by atoms with Crippen LogP contribution in [0, 0.1) is 5.92 Å². The van der Waals surface area contributed by atoms with Gasteiger partial charge in [-0.25, -0.2) is 0 Å². The number of benzene rings is 1. The molecule has 2 N–H and O–H groups in total. The molecule has 1 aromatic rings. The molecule has 1 amide bonds. The Labute approximate surface area is 122 Å². The Morgan fingerprint density at radius 3 is 2.62 bits per heavy atom. The maximum Gasteiger partial charge on any atom is 0.387 e. The van der Waals surface area contributed by atoms with Crippen LogP contribution in [-0.2, 0) is 11.2 Å². The molecule has 2 atom stereocenters. The fourth-order valence-electron chi connectivity index (χ4n) is 2.53. The summed E-state index contributed by atoms with van der Waals surface area (Å²) in [6, 6.07) is 6.03. The molecule has 1 saturated carbocycles. The lowest BCUT2D eigenvalue weighted by atomic mass is 10.1. The Kier molecular flexibility index (Phi) is 5.50. The van der Waals surface area contributed by atoms with E-state index in [0.29, 0.717) is 12.5 Å². The molecule has 4 nitrogen and oxygen atoms in total. The number of hydrogen-bond donors (Lipinski definition) is 2. The second kappa shape index (κ2) is 7.36. The lowest BCUT2D eigenvalue weighted by molar-refractivity contribution is -0.120. The highest BCUT2D eigenvalue weighted by Gasteiger charge is 2.22. The zero-order valence-electron chi connectivity index (χ0n) is 11.6. The van der Waals surface area contributed by atoms with Crippen LogP contribution in [-0.4, -0.2) is 30.3 Å². The first-order chi connectivity index (χ1) is 10.0. The van der Waals surface area contributed by atoms with Crippen molar-refractivity contribution in [3.63, 3.8) is 0 Å². The number of hydrogen-bond acceptors (Lipinski definition) is 3. The van der Waals surface area contributed by atoms with Crippen molar-refractivity contribution in [2.24, 2.45) is 5.92 Å². The molecule has 1 fully saturated rings. The molecule has 21 heavy (non-hydrogen) atoms. The van der Waals surface area contributed by atoms with E-state index in [4.69, 9.17) is 0 Å². The van der Waals surface area contributed by atoms with Gasteiger partial charge >= 0.3 is 6.61 Å². The third kappa shape index (κ3) is 5.30. The number of ether oxygens (including phenoxy) is 1. The third-order valence-corrected chi connectivity index (χ3v) is 3.61. The fraction of sp³-hybridized carbons (Fsp3) is 0.533. The first-order valence-corrected chi connectivity index (χ1v) is 7.01. The predicted molar refractivity (Wildman–Crippen MR) is 73.1 cm³/mol. The second-order valence-corrected chi connectivity index (χ2v) is 5.34. The van der Waals surface area contributed by atoms with E-state index in [-0.39, 0.29) is 24.2 Å². The molecular weight excluding hydrogens is 280 g/mol. The number of halogens is 2. The van der Waals surface area contributed by atoms with E-state index in [1.165, 1.54) is 12.1 Å². The van der Waals surface area contributed by atoms with E-state index in [1.807, 2.05) is 0 Å². The number of carbonyl (C=O) groups excluding carboxylic acids is 1. The Morgan fingerprint density at radius 2 is 2.05 bits per heavy atom. The van der Waals surface area contributed by atoms with Gasteiger partial charge in [-0.3, -0.25) is 4.79 Å². The molecule has 1 aliphatic carbocycles. The van der Waals surface area contributed by atoms with Crippen molar-refractivity contribution >= 4 is 5.91 Å². The van der Waals surface area contributed by atoms with Crippen LogP contribution >= 0.6 is 0 Å². The number of aliphatic hydroxyl groups is 1. The Bertz CT molecular complexity index is 464. The first-order valence-electron chi connectivity index (χ1n) is 7.01. The van der Waals surface area contributed by atoms with Crippen LogP contribution in [0.15, 0.2) is 24.3 Å². The summed E-state index contributed by atoms with van der Waals surface area (Å²) in [6.45, 7) is -2.27. The minimum absolute atomic E-state index is 0.0779. The molecule has 0 aliphatic heterocycles. The van der Waals surface area contributed by atoms with E-state index in [0.717, 1.165) is 24.8 Å². The largest absolute Gasteiger partial charge is 0.435 e. The van der Waals surface area contributed by atoms with Crippen molar-refractivity contribution in [1.29, 1.82) is 0 Å². The van der Waals surface area contributed by atoms with E-state index in [2.05, 4.69) is 10.1 Å². The van der Waals surface area contributed by atoms with Gasteiger partial charge in [0, 0.05) is 6.54 Å². The maximum absolute atomic E-state index is 12.0. The van der Waals surface area contributed by atoms with Crippen LogP contribution in [0.25, 0.3) is 0 Å². The van der Waals surface area contributed by atoms with E-state index < -0.39 is 6.61 Å². The van der Waals surface area contributed by atoms with Crippen molar-refractivity contribution in [3.8, 4) is 5.75 Å². The summed E-state index contributed by atoms with van der Waals surface area (Å²) in [7, 11) is 0. The molecule has 1 aliphatic rings. The van der Waals surface area contributed by atoms with Crippen molar-refractivity contribution in [2.45, 2.75) is 38.4 Å². The van der Waals surface area contributed by atoms with Crippen LogP contribution < -0.4 is 10.1 Å². The maximum atomic E-state index is 12.0. The summed E-state index contributed by atoms with van der Waals surface area (Å²) < 4.78 is 28.2. The number of alkyl halides is 2. The van der Waals surface area contributed by atoms with Crippen LogP contribution in [0.5, 0.6) is 5.75 Å². The highest BCUT2D eigenvalue weighted by Crippen LogP contribution is 2.24. The van der Waals surface area contributed by atoms with Gasteiger partial charge in [-0.15, -0.1) is 0 Å². The summed E-state index contributed by atoms with van der Waals surface area (Å²) in [4.78, 5) is 11.8. The number of nitrogens with one attached hydrogen (secondary N) is 1.